The standard InChI is InChI=1S/C26H28N6O2S/c1-17-5-4-6-20(13-17)24-29-32-23(33)15-22(28-26(32)35-24)16-30-9-11-31(12-10-30)25(34)27-21-8-7-18(2)19(3)14-21/h4-8,13-15H,9-12,16H2,1-3H3,(H,27,34). The van der Waals surface area contributed by atoms with Gasteiger partial charge in [-0.2, -0.15) is 9.61 Å². The van der Waals surface area contributed by atoms with E-state index in [0.29, 0.717) is 24.6 Å². The number of benzene rings is 2. The molecule has 4 aromatic rings. The molecule has 0 saturated carbocycles. The zero-order valence-electron chi connectivity index (χ0n) is 20.1. The molecule has 2 aromatic heterocycles. The molecule has 0 aliphatic carbocycles. The van der Waals surface area contributed by atoms with E-state index in [0.717, 1.165) is 46.2 Å². The summed E-state index contributed by atoms with van der Waals surface area (Å²) in [5, 5.41) is 8.26. The smallest absolute Gasteiger partial charge is 0.321 e. The first-order valence-electron chi connectivity index (χ1n) is 11.7. The third-order valence-electron chi connectivity index (χ3n) is 6.37. The molecule has 1 aliphatic rings. The van der Waals surface area contributed by atoms with Crippen LogP contribution in [0.4, 0.5) is 10.5 Å². The van der Waals surface area contributed by atoms with Crippen molar-refractivity contribution in [1.29, 1.82) is 0 Å². The van der Waals surface area contributed by atoms with Gasteiger partial charge in [0, 0.05) is 50.0 Å². The maximum absolute atomic E-state index is 12.7. The highest BCUT2D eigenvalue weighted by Gasteiger charge is 2.22. The van der Waals surface area contributed by atoms with E-state index in [1.165, 1.54) is 21.4 Å². The molecular formula is C26H28N6O2S. The van der Waals surface area contributed by atoms with Crippen LogP contribution in [-0.4, -0.2) is 56.6 Å². The molecule has 9 heteroatoms. The Morgan fingerprint density at radius 1 is 1.00 bits per heavy atom. The maximum Gasteiger partial charge on any atom is 0.321 e. The second-order valence-electron chi connectivity index (χ2n) is 9.05. The van der Waals surface area contributed by atoms with Gasteiger partial charge in [0.2, 0.25) is 4.96 Å². The Bertz CT molecular complexity index is 1450. The van der Waals surface area contributed by atoms with Gasteiger partial charge in [0.25, 0.3) is 5.56 Å². The molecule has 1 fully saturated rings. The Morgan fingerprint density at radius 2 is 1.80 bits per heavy atom. The second kappa shape index (κ2) is 9.59. The van der Waals surface area contributed by atoms with Gasteiger partial charge in [-0.3, -0.25) is 9.69 Å². The fraction of sp³-hybridized carbons (Fsp3) is 0.308. The van der Waals surface area contributed by atoms with Gasteiger partial charge >= 0.3 is 6.03 Å². The number of anilines is 1. The van der Waals surface area contributed by atoms with Crippen molar-refractivity contribution in [2.75, 3.05) is 31.5 Å². The highest BCUT2D eigenvalue weighted by atomic mass is 32.1. The number of carbonyl (C=O) groups is 1. The number of nitrogens with zero attached hydrogens (tertiary/aromatic N) is 5. The van der Waals surface area contributed by atoms with Crippen LogP contribution < -0.4 is 10.9 Å². The van der Waals surface area contributed by atoms with Crippen LogP contribution in [0.1, 0.15) is 22.4 Å². The van der Waals surface area contributed by atoms with E-state index in [4.69, 9.17) is 4.98 Å². The zero-order valence-corrected chi connectivity index (χ0v) is 20.9. The number of hydrogen-bond acceptors (Lipinski definition) is 6. The Balaban J connectivity index is 1.23. The second-order valence-corrected chi connectivity index (χ2v) is 10.0. The van der Waals surface area contributed by atoms with Gasteiger partial charge < -0.3 is 10.2 Å². The quantitative estimate of drug-likeness (QED) is 0.468. The number of aromatic nitrogens is 3. The first-order chi connectivity index (χ1) is 16.9. The van der Waals surface area contributed by atoms with Crippen LogP contribution in [0, 0.1) is 20.8 Å². The molecular weight excluding hydrogens is 460 g/mol. The fourth-order valence-electron chi connectivity index (χ4n) is 4.19. The van der Waals surface area contributed by atoms with Crippen molar-refractivity contribution >= 4 is 28.0 Å². The Kier molecular flexibility index (Phi) is 6.36. The van der Waals surface area contributed by atoms with Crippen molar-refractivity contribution in [2.24, 2.45) is 0 Å². The summed E-state index contributed by atoms with van der Waals surface area (Å²) in [6.07, 6.45) is 0. The molecule has 2 aromatic carbocycles. The van der Waals surface area contributed by atoms with E-state index in [1.54, 1.807) is 6.07 Å². The van der Waals surface area contributed by atoms with Crippen molar-refractivity contribution in [2.45, 2.75) is 27.3 Å². The number of hydrogen-bond donors (Lipinski definition) is 1. The predicted octanol–water partition coefficient (Wildman–Crippen LogP) is 4.09. The third-order valence-corrected chi connectivity index (χ3v) is 7.32. The van der Waals surface area contributed by atoms with Gasteiger partial charge in [-0.05, 0) is 50.1 Å². The van der Waals surface area contributed by atoms with E-state index < -0.39 is 0 Å². The summed E-state index contributed by atoms with van der Waals surface area (Å²) < 4.78 is 1.38. The van der Waals surface area contributed by atoms with Crippen molar-refractivity contribution < 1.29 is 4.79 Å². The summed E-state index contributed by atoms with van der Waals surface area (Å²) in [7, 11) is 0. The van der Waals surface area contributed by atoms with Gasteiger partial charge in [-0.1, -0.05) is 41.2 Å². The molecule has 180 valence electrons. The molecule has 0 spiro atoms. The van der Waals surface area contributed by atoms with Crippen molar-refractivity contribution in [3.8, 4) is 10.6 Å². The van der Waals surface area contributed by atoms with Crippen LogP contribution in [0.2, 0.25) is 0 Å². The summed E-state index contributed by atoms with van der Waals surface area (Å²) in [4.78, 5) is 34.7. The average molecular weight is 489 g/mol. The van der Waals surface area contributed by atoms with Gasteiger partial charge in [0.1, 0.15) is 5.01 Å². The lowest BCUT2D eigenvalue weighted by atomic mass is 10.1. The Labute approximate surface area is 207 Å². The Morgan fingerprint density at radius 3 is 2.54 bits per heavy atom. The topological polar surface area (TPSA) is 82.8 Å². The first kappa shape index (κ1) is 23.2. The zero-order chi connectivity index (χ0) is 24.5. The van der Waals surface area contributed by atoms with Gasteiger partial charge in [0.15, 0.2) is 0 Å². The molecule has 5 rings (SSSR count). The lowest BCUT2D eigenvalue weighted by Gasteiger charge is -2.34. The van der Waals surface area contributed by atoms with Crippen molar-refractivity contribution in [3.63, 3.8) is 0 Å². The number of aryl methyl sites for hydroxylation is 3. The van der Waals surface area contributed by atoms with Crippen LogP contribution in [-0.2, 0) is 6.54 Å². The molecule has 3 heterocycles. The third kappa shape index (κ3) is 5.11. The minimum absolute atomic E-state index is 0.0842. The lowest BCUT2D eigenvalue weighted by molar-refractivity contribution is 0.142. The number of rotatable bonds is 4. The highest BCUT2D eigenvalue weighted by Crippen LogP contribution is 2.25. The van der Waals surface area contributed by atoms with Crippen LogP contribution in [0.15, 0.2) is 53.3 Å². The summed E-state index contributed by atoms with van der Waals surface area (Å²) in [5.74, 6) is 0. The SMILES string of the molecule is Cc1cccc(-c2nn3c(=O)cc(CN4CCN(C(=O)Nc5ccc(C)c(C)c5)CC4)nc3s2)c1. The van der Waals surface area contributed by atoms with Gasteiger partial charge in [-0.25, -0.2) is 9.78 Å². The summed E-state index contributed by atoms with van der Waals surface area (Å²) in [6, 6.07) is 15.5. The minimum Gasteiger partial charge on any atom is -0.322 e. The van der Waals surface area contributed by atoms with E-state index in [-0.39, 0.29) is 11.6 Å². The van der Waals surface area contributed by atoms with Crippen LogP contribution in [0.3, 0.4) is 0 Å². The van der Waals surface area contributed by atoms with Gasteiger partial charge in [0.05, 0.1) is 5.69 Å². The predicted molar refractivity (Wildman–Crippen MR) is 139 cm³/mol. The van der Waals surface area contributed by atoms with Crippen molar-refractivity contribution in [3.05, 3.63) is 81.3 Å². The number of fused-ring (bicyclic) bond motifs is 1. The number of nitrogens with one attached hydrogen (secondary N) is 1. The normalized spacial score (nSPS) is 14.4. The lowest BCUT2D eigenvalue weighted by Crippen LogP contribution is -2.49. The van der Waals surface area contributed by atoms with E-state index in [2.05, 4.69) is 28.3 Å². The maximum atomic E-state index is 12.7. The summed E-state index contributed by atoms with van der Waals surface area (Å²) in [6.45, 7) is 9.38. The number of amides is 2. The largest absolute Gasteiger partial charge is 0.322 e. The van der Waals surface area contributed by atoms with E-state index >= 15 is 0 Å². The summed E-state index contributed by atoms with van der Waals surface area (Å²) >= 11 is 1.42. The van der Waals surface area contributed by atoms with Crippen LogP contribution in [0.5, 0.6) is 0 Å². The number of carbonyl (C=O) groups excluding carboxylic acids is 1. The molecule has 1 saturated heterocycles. The molecule has 8 nitrogen and oxygen atoms in total. The van der Waals surface area contributed by atoms with Crippen LogP contribution in [0.25, 0.3) is 15.5 Å². The fourth-order valence-corrected chi connectivity index (χ4v) is 5.11. The molecule has 0 atom stereocenters. The molecule has 2 amide bonds. The molecule has 0 unspecified atom stereocenters. The highest BCUT2D eigenvalue weighted by molar-refractivity contribution is 7.19. The molecule has 1 N–H and O–H groups in total. The molecule has 0 bridgehead atoms. The minimum atomic E-state index is -0.174. The Hall–Kier alpha value is -3.56. The van der Waals surface area contributed by atoms with Gasteiger partial charge in [-0.15, -0.1) is 0 Å². The average Bonchev–Trinajstić information content (AvgIpc) is 3.27. The van der Waals surface area contributed by atoms with E-state index in [9.17, 15) is 9.59 Å². The summed E-state index contributed by atoms with van der Waals surface area (Å²) in [5.41, 5.74) is 5.84. The van der Waals surface area contributed by atoms with Crippen LogP contribution >= 0.6 is 11.3 Å². The molecule has 1 aliphatic heterocycles. The van der Waals surface area contributed by atoms with E-state index in [1.807, 2.05) is 55.1 Å². The number of piperazine rings is 1. The molecule has 0 radical (unpaired) electrons. The van der Waals surface area contributed by atoms with Crippen molar-refractivity contribution in [1.82, 2.24) is 24.4 Å². The first-order valence-corrected chi connectivity index (χ1v) is 12.5. The monoisotopic (exact) mass is 488 g/mol. The molecule has 35 heavy (non-hydrogen) atoms. The number of urea groups is 1.